The lowest BCUT2D eigenvalue weighted by Crippen LogP contribution is -2.25. The summed E-state index contributed by atoms with van der Waals surface area (Å²) in [5, 5.41) is 6.87. The molecule has 0 saturated carbocycles. The molecule has 0 radical (unpaired) electrons. The number of amides is 1. The van der Waals surface area contributed by atoms with E-state index < -0.39 is 0 Å². The van der Waals surface area contributed by atoms with Crippen LogP contribution in [0.3, 0.4) is 0 Å². The van der Waals surface area contributed by atoms with Gasteiger partial charge in [0.2, 0.25) is 17.6 Å². The molecule has 0 aliphatic heterocycles. The highest BCUT2D eigenvalue weighted by molar-refractivity contribution is 5.78. The predicted molar refractivity (Wildman–Crippen MR) is 110 cm³/mol. The Hall–Kier alpha value is -2.95. The van der Waals surface area contributed by atoms with Crippen LogP contribution in [0.15, 0.2) is 47.0 Å². The summed E-state index contributed by atoms with van der Waals surface area (Å²) in [6.07, 6.45) is 0.335. The van der Waals surface area contributed by atoms with E-state index in [9.17, 15) is 4.79 Å². The molecule has 0 fully saturated rings. The van der Waals surface area contributed by atoms with E-state index in [4.69, 9.17) is 4.52 Å². The molecule has 0 unspecified atom stereocenters. The molecule has 2 aromatic carbocycles. The Morgan fingerprint density at radius 3 is 2.43 bits per heavy atom. The second kappa shape index (κ2) is 7.97. The molecule has 3 aromatic rings. The lowest BCUT2D eigenvalue weighted by molar-refractivity contribution is -0.120. The number of nitrogens with one attached hydrogen (secondary N) is 1. The van der Waals surface area contributed by atoms with E-state index in [0.717, 1.165) is 16.7 Å². The molecule has 1 amide bonds. The lowest BCUT2D eigenvalue weighted by Gasteiger charge is -2.18. The summed E-state index contributed by atoms with van der Waals surface area (Å²) in [5.74, 6) is 0.851. The van der Waals surface area contributed by atoms with Crippen molar-refractivity contribution in [1.82, 2.24) is 15.5 Å². The quantitative estimate of drug-likeness (QED) is 0.710. The number of benzene rings is 2. The maximum Gasteiger partial charge on any atom is 0.246 e. The fraction of sp³-hybridized carbons (Fsp3) is 0.348. The fourth-order valence-corrected chi connectivity index (χ4v) is 3.02. The first-order chi connectivity index (χ1) is 13.2. The number of nitrogens with zero attached hydrogens (tertiary/aromatic N) is 2. The van der Waals surface area contributed by atoms with Crippen LogP contribution in [0.5, 0.6) is 0 Å². The van der Waals surface area contributed by atoms with Crippen molar-refractivity contribution in [2.75, 3.05) is 0 Å². The summed E-state index contributed by atoms with van der Waals surface area (Å²) in [6, 6.07) is 14.2. The number of aryl methyl sites for hydroxylation is 2. The average molecular weight is 377 g/mol. The highest BCUT2D eigenvalue weighted by Gasteiger charge is 2.15. The Labute approximate surface area is 166 Å². The van der Waals surface area contributed by atoms with Crippen LogP contribution < -0.4 is 5.32 Å². The van der Waals surface area contributed by atoms with Crippen molar-refractivity contribution in [3.05, 3.63) is 70.6 Å². The molecule has 1 heterocycles. The normalized spacial score (nSPS) is 11.5. The van der Waals surface area contributed by atoms with Gasteiger partial charge < -0.3 is 9.84 Å². The second-order valence-corrected chi connectivity index (χ2v) is 8.22. The molecule has 5 heteroatoms. The minimum Gasteiger partial charge on any atom is -0.347 e. The van der Waals surface area contributed by atoms with Crippen LogP contribution in [0.4, 0.5) is 0 Å². The third-order valence-corrected chi connectivity index (χ3v) is 4.76. The molecular formula is C23H27N3O2. The van der Waals surface area contributed by atoms with Crippen molar-refractivity contribution in [2.24, 2.45) is 0 Å². The molecule has 0 aliphatic rings. The average Bonchev–Trinajstić information content (AvgIpc) is 3.11. The van der Waals surface area contributed by atoms with Crippen molar-refractivity contribution < 1.29 is 9.32 Å². The number of rotatable bonds is 5. The van der Waals surface area contributed by atoms with E-state index in [1.54, 1.807) is 0 Å². The summed E-state index contributed by atoms with van der Waals surface area (Å²) in [5.41, 5.74) is 5.57. The maximum absolute atomic E-state index is 12.2. The van der Waals surface area contributed by atoms with E-state index in [1.807, 2.05) is 38.1 Å². The zero-order chi connectivity index (χ0) is 20.3. The molecule has 1 N–H and O–H groups in total. The van der Waals surface area contributed by atoms with Crippen molar-refractivity contribution >= 4 is 5.91 Å². The largest absolute Gasteiger partial charge is 0.347 e. The SMILES string of the molecule is Cc1ccc(CC(=O)NCc2nc(-c3ccc(C(C)(C)C)cc3)no2)c(C)c1. The molecular weight excluding hydrogens is 350 g/mol. The molecule has 0 bridgehead atoms. The standard InChI is InChI=1S/C23H27N3O2/c1-15-6-7-18(16(2)12-15)13-20(27)24-14-21-25-22(26-28-21)17-8-10-19(11-9-17)23(3,4)5/h6-12H,13-14H2,1-5H3,(H,24,27). The van der Waals surface area contributed by atoms with Crippen molar-refractivity contribution in [1.29, 1.82) is 0 Å². The summed E-state index contributed by atoms with van der Waals surface area (Å²) < 4.78 is 5.28. The number of carbonyl (C=O) groups excluding carboxylic acids is 1. The first kappa shape index (κ1) is 19.8. The van der Waals surface area contributed by atoms with Gasteiger partial charge in [-0.25, -0.2) is 0 Å². The molecule has 0 saturated heterocycles. The first-order valence-electron chi connectivity index (χ1n) is 9.49. The molecule has 5 nitrogen and oxygen atoms in total. The van der Waals surface area contributed by atoms with E-state index in [1.165, 1.54) is 11.1 Å². The minimum atomic E-state index is -0.0683. The van der Waals surface area contributed by atoms with Crippen LogP contribution in [-0.4, -0.2) is 16.0 Å². The molecule has 0 atom stereocenters. The van der Waals surface area contributed by atoms with Gasteiger partial charge in [-0.2, -0.15) is 4.98 Å². The molecule has 3 rings (SSSR count). The zero-order valence-electron chi connectivity index (χ0n) is 17.2. The van der Waals surface area contributed by atoms with Crippen LogP contribution in [0.25, 0.3) is 11.4 Å². The zero-order valence-corrected chi connectivity index (χ0v) is 17.2. The molecule has 0 aliphatic carbocycles. The molecule has 146 valence electrons. The van der Waals surface area contributed by atoms with Gasteiger partial charge in [-0.05, 0) is 36.0 Å². The Morgan fingerprint density at radius 1 is 1.07 bits per heavy atom. The first-order valence-corrected chi connectivity index (χ1v) is 9.49. The van der Waals surface area contributed by atoms with Gasteiger partial charge in [-0.3, -0.25) is 4.79 Å². The van der Waals surface area contributed by atoms with E-state index in [2.05, 4.69) is 54.4 Å². The van der Waals surface area contributed by atoms with Crippen molar-refractivity contribution in [2.45, 2.75) is 53.0 Å². The summed E-state index contributed by atoms with van der Waals surface area (Å²) in [7, 11) is 0. The van der Waals surface area contributed by atoms with Gasteiger partial charge in [0.05, 0.1) is 13.0 Å². The van der Waals surface area contributed by atoms with Gasteiger partial charge in [0.15, 0.2) is 0 Å². The highest BCUT2D eigenvalue weighted by atomic mass is 16.5. The topological polar surface area (TPSA) is 68.0 Å². The maximum atomic E-state index is 12.2. The summed E-state index contributed by atoms with van der Waals surface area (Å²) >= 11 is 0. The van der Waals surface area contributed by atoms with Gasteiger partial charge in [0.1, 0.15) is 0 Å². The van der Waals surface area contributed by atoms with Gasteiger partial charge in [-0.1, -0.05) is 74.0 Å². The predicted octanol–water partition coefficient (Wildman–Crippen LogP) is 4.51. The van der Waals surface area contributed by atoms with Gasteiger partial charge >= 0.3 is 0 Å². The van der Waals surface area contributed by atoms with Gasteiger partial charge in [0, 0.05) is 5.56 Å². The van der Waals surface area contributed by atoms with Crippen LogP contribution in [0, 0.1) is 13.8 Å². The van der Waals surface area contributed by atoms with Crippen molar-refractivity contribution in [3.8, 4) is 11.4 Å². The summed E-state index contributed by atoms with van der Waals surface area (Å²) in [6.45, 7) is 10.8. The molecule has 1 aromatic heterocycles. The van der Waals surface area contributed by atoms with E-state index in [-0.39, 0.29) is 17.9 Å². The highest BCUT2D eigenvalue weighted by Crippen LogP contribution is 2.25. The van der Waals surface area contributed by atoms with Crippen LogP contribution in [0.2, 0.25) is 0 Å². The monoisotopic (exact) mass is 377 g/mol. The Bertz CT molecular complexity index is 966. The lowest BCUT2D eigenvalue weighted by atomic mass is 9.87. The van der Waals surface area contributed by atoms with Gasteiger partial charge in [-0.15, -0.1) is 0 Å². The number of hydrogen-bond acceptors (Lipinski definition) is 4. The number of aromatic nitrogens is 2. The second-order valence-electron chi connectivity index (χ2n) is 8.22. The van der Waals surface area contributed by atoms with Crippen LogP contribution in [-0.2, 0) is 23.2 Å². The summed E-state index contributed by atoms with van der Waals surface area (Å²) in [4.78, 5) is 16.6. The van der Waals surface area contributed by atoms with Gasteiger partial charge in [0.25, 0.3) is 0 Å². The Kier molecular flexibility index (Phi) is 5.63. The number of carbonyl (C=O) groups is 1. The van der Waals surface area contributed by atoms with Crippen LogP contribution in [0.1, 0.15) is 48.9 Å². The Morgan fingerprint density at radius 2 is 1.79 bits per heavy atom. The van der Waals surface area contributed by atoms with E-state index in [0.29, 0.717) is 18.1 Å². The molecule has 0 spiro atoms. The molecule has 28 heavy (non-hydrogen) atoms. The third-order valence-electron chi connectivity index (χ3n) is 4.76. The van der Waals surface area contributed by atoms with Crippen LogP contribution >= 0.6 is 0 Å². The number of hydrogen-bond donors (Lipinski definition) is 1. The Balaban J connectivity index is 1.59. The smallest absolute Gasteiger partial charge is 0.246 e. The van der Waals surface area contributed by atoms with Crippen molar-refractivity contribution in [3.63, 3.8) is 0 Å². The van der Waals surface area contributed by atoms with E-state index >= 15 is 0 Å². The minimum absolute atomic E-state index is 0.0683. The fourth-order valence-electron chi connectivity index (χ4n) is 3.02. The third kappa shape index (κ3) is 4.85.